The van der Waals surface area contributed by atoms with Crippen molar-refractivity contribution < 1.29 is 9.53 Å². The van der Waals surface area contributed by atoms with Crippen LogP contribution in [0.15, 0.2) is 48.5 Å². The van der Waals surface area contributed by atoms with Gasteiger partial charge in [0.2, 0.25) is 5.91 Å². The Morgan fingerprint density at radius 2 is 1.76 bits per heavy atom. The molecule has 0 aliphatic heterocycles. The van der Waals surface area contributed by atoms with Crippen LogP contribution in [0.1, 0.15) is 52.9 Å². The van der Waals surface area contributed by atoms with Gasteiger partial charge in [-0.2, -0.15) is 0 Å². The Balaban J connectivity index is 1.80. The number of hydrogen-bond donors (Lipinski definition) is 2. The number of carbonyl (C=O) groups is 1. The molecule has 29 heavy (non-hydrogen) atoms. The van der Waals surface area contributed by atoms with Crippen LogP contribution < -0.4 is 10.1 Å². The van der Waals surface area contributed by atoms with Crippen molar-refractivity contribution in [2.24, 2.45) is 17.8 Å². The molecule has 0 bridgehead atoms. The predicted molar refractivity (Wildman–Crippen MR) is 117 cm³/mol. The summed E-state index contributed by atoms with van der Waals surface area (Å²) in [5.41, 5.74) is 1.75. The number of H-pyrrole nitrogens is 1. The number of nitrogens with zero attached hydrogens (tertiary/aromatic N) is 1. The summed E-state index contributed by atoms with van der Waals surface area (Å²) in [4.78, 5) is 20.8. The summed E-state index contributed by atoms with van der Waals surface area (Å²) >= 11 is 0. The second kappa shape index (κ2) is 9.12. The third-order valence-electron chi connectivity index (χ3n) is 4.98. The maximum Gasteiger partial charge on any atom is 0.223 e. The summed E-state index contributed by atoms with van der Waals surface area (Å²) < 4.78 is 5.92. The van der Waals surface area contributed by atoms with E-state index in [-0.39, 0.29) is 23.8 Å². The Morgan fingerprint density at radius 3 is 2.41 bits per heavy atom. The molecule has 0 radical (unpaired) electrons. The van der Waals surface area contributed by atoms with Crippen molar-refractivity contribution in [1.82, 2.24) is 15.3 Å². The molecule has 3 rings (SSSR count). The highest BCUT2D eigenvalue weighted by molar-refractivity contribution is 5.79. The molecule has 5 heteroatoms. The van der Waals surface area contributed by atoms with Crippen molar-refractivity contribution in [2.75, 3.05) is 0 Å². The van der Waals surface area contributed by atoms with Crippen LogP contribution in [0.3, 0.4) is 0 Å². The van der Waals surface area contributed by atoms with Crippen LogP contribution in [0.25, 0.3) is 11.0 Å². The number of ether oxygens (including phenoxy) is 1. The maximum atomic E-state index is 12.7. The van der Waals surface area contributed by atoms with Crippen molar-refractivity contribution in [3.05, 3.63) is 54.4 Å². The van der Waals surface area contributed by atoms with E-state index in [1.54, 1.807) is 0 Å². The van der Waals surface area contributed by atoms with Crippen LogP contribution in [0.5, 0.6) is 11.5 Å². The van der Waals surface area contributed by atoms with Gasteiger partial charge >= 0.3 is 0 Å². The molecule has 1 unspecified atom stereocenters. The molecule has 0 aliphatic carbocycles. The average Bonchev–Trinajstić information content (AvgIpc) is 3.08. The van der Waals surface area contributed by atoms with Gasteiger partial charge in [0.15, 0.2) is 0 Å². The lowest BCUT2D eigenvalue weighted by molar-refractivity contribution is -0.126. The molecule has 2 N–H and O–H groups in total. The molecule has 2 atom stereocenters. The monoisotopic (exact) mass is 393 g/mol. The maximum absolute atomic E-state index is 12.7. The standard InChI is InChI=1S/C24H31N3O2/c1-15(2)13-17(5)24(28)27-22(16(3)4)23-25-20-12-11-19(14-21(20)26-23)29-18-9-7-6-8-10-18/h6-12,14-17,22H,13H2,1-5H3,(H,25,26)(H,27,28)/t17?,22-/m0/s1. The largest absolute Gasteiger partial charge is 0.457 e. The van der Waals surface area contributed by atoms with Crippen molar-refractivity contribution in [3.8, 4) is 11.5 Å². The van der Waals surface area contributed by atoms with E-state index in [4.69, 9.17) is 9.72 Å². The van der Waals surface area contributed by atoms with E-state index in [1.165, 1.54) is 0 Å². The van der Waals surface area contributed by atoms with Crippen LogP contribution in [-0.4, -0.2) is 15.9 Å². The Bertz CT molecular complexity index is 947. The quantitative estimate of drug-likeness (QED) is 0.504. The zero-order valence-corrected chi connectivity index (χ0v) is 17.9. The number of nitrogens with one attached hydrogen (secondary N) is 2. The van der Waals surface area contributed by atoms with Crippen molar-refractivity contribution >= 4 is 16.9 Å². The van der Waals surface area contributed by atoms with Gasteiger partial charge in [0, 0.05) is 12.0 Å². The summed E-state index contributed by atoms with van der Waals surface area (Å²) in [7, 11) is 0. The minimum Gasteiger partial charge on any atom is -0.457 e. The molecule has 1 aromatic heterocycles. The first-order valence-electron chi connectivity index (χ1n) is 10.4. The first-order chi connectivity index (χ1) is 13.8. The van der Waals surface area contributed by atoms with Crippen LogP contribution >= 0.6 is 0 Å². The minimum atomic E-state index is -0.164. The molecule has 2 aromatic carbocycles. The lowest BCUT2D eigenvalue weighted by Crippen LogP contribution is -2.36. The van der Waals surface area contributed by atoms with Gasteiger partial charge in [0.1, 0.15) is 17.3 Å². The van der Waals surface area contributed by atoms with Crippen molar-refractivity contribution in [1.29, 1.82) is 0 Å². The van der Waals surface area contributed by atoms with Gasteiger partial charge in [-0.3, -0.25) is 4.79 Å². The highest BCUT2D eigenvalue weighted by Gasteiger charge is 2.24. The first kappa shape index (κ1) is 20.9. The third-order valence-corrected chi connectivity index (χ3v) is 4.98. The van der Waals surface area contributed by atoms with Gasteiger partial charge in [-0.25, -0.2) is 4.98 Å². The summed E-state index contributed by atoms with van der Waals surface area (Å²) in [5.74, 6) is 3.07. The fourth-order valence-electron chi connectivity index (χ4n) is 3.50. The minimum absolute atomic E-state index is 0.0218. The number of hydrogen-bond acceptors (Lipinski definition) is 3. The van der Waals surface area contributed by atoms with E-state index in [0.29, 0.717) is 5.92 Å². The number of benzene rings is 2. The normalized spacial score (nSPS) is 13.6. The van der Waals surface area contributed by atoms with Crippen LogP contribution in [0, 0.1) is 17.8 Å². The molecule has 0 aliphatic rings. The number of carbonyl (C=O) groups excluding carboxylic acids is 1. The van der Waals surface area contributed by atoms with E-state index in [1.807, 2.05) is 55.5 Å². The van der Waals surface area contributed by atoms with Gasteiger partial charge in [0.25, 0.3) is 0 Å². The number of para-hydroxylation sites is 1. The van der Waals surface area contributed by atoms with Gasteiger partial charge in [-0.15, -0.1) is 0 Å². The molecule has 154 valence electrons. The van der Waals surface area contributed by atoms with Crippen LogP contribution in [0.2, 0.25) is 0 Å². The van der Waals surface area contributed by atoms with Crippen LogP contribution in [0.4, 0.5) is 0 Å². The molecule has 5 nitrogen and oxygen atoms in total. The van der Waals surface area contributed by atoms with E-state index >= 15 is 0 Å². The predicted octanol–water partition coefficient (Wildman–Crippen LogP) is 5.85. The summed E-state index contributed by atoms with van der Waals surface area (Å²) in [6, 6.07) is 15.3. The van der Waals surface area contributed by atoms with E-state index in [0.717, 1.165) is 34.8 Å². The number of amides is 1. The van der Waals surface area contributed by atoms with Gasteiger partial charge < -0.3 is 15.0 Å². The Hall–Kier alpha value is -2.82. The summed E-state index contributed by atoms with van der Waals surface area (Å²) in [5, 5.41) is 3.19. The molecular weight excluding hydrogens is 362 g/mol. The van der Waals surface area contributed by atoms with Gasteiger partial charge in [0.05, 0.1) is 17.1 Å². The number of aromatic nitrogens is 2. The van der Waals surface area contributed by atoms with Gasteiger partial charge in [-0.1, -0.05) is 52.8 Å². The number of rotatable bonds is 8. The smallest absolute Gasteiger partial charge is 0.223 e. The van der Waals surface area contributed by atoms with Crippen LogP contribution in [-0.2, 0) is 4.79 Å². The molecule has 3 aromatic rings. The molecule has 0 fully saturated rings. The summed E-state index contributed by atoms with van der Waals surface area (Å²) in [6.07, 6.45) is 0.872. The Labute approximate surface area is 172 Å². The van der Waals surface area contributed by atoms with E-state index in [9.17, 15) is 4.79 Å². The highest BCUT2D eigenvalue weighted by Crippen LogP contribution is 2.27. The van der Waals surface area contributed by atoms with Crippen molar-refractivity contribution in [3.63, 3.8) is 0 Å². The van der Waals surface area contributed by atoms with E-state index < -0.39 is 0 Å². The third kappa shape index (κ3) is 5.37. The molecule has 0 saturated heterocycles. The second-order valence-electron chi connectivity index (χ2n) is 8.48. The molecular formula is C24H31N3O2. The Morgan fingerprint density at radius 1 is 1.03 bits per heavy atom. The van der Waals surface area contributed by atoms with E-state index in [2.05, 4.69) is 38.0 Å². The zero-order chi connectivity index (χ0) is 21.0. The number of imidazole rings is 1. The van der Waals surface area contributed by atoms with Gasteiger partial charge in [-0.05, 0) is 42.5 Å². The number of fused-ring (bicyclic) bond motifs is 1. The molecule has 0 spiro atoms. The zero-order valence-electron chi connectivity index (χ0n) is 17.9. The Kier molecular flexibility index (Phi) is 6.57. The second-order valence-corrected chi connectivity index (χ2v) is 8.48. The fraction of sp³-hybridized carbons (Fsp3) is 0.417. The lowest BCUT2D eigenvalue weighted by atomic mass is 9.96. The lowest BCUT2D eigenvalue weighted by Gasteiger charge is -2.23. The molecule has 1 heterocycles. The average molecular weight is 394 g/mol. The topological polar surface area (TPSA) is 67.0 Å². The number of aromatic amines is 1. The SMILES string of the molecule is CC(C)CC(C)C(=O)N[C@H](c1nc2ccc(Oc3ccccc3)cc2[nH]1)C(C)C. The molecule has 0 saturated carbocycles. The molecule has 1 amide bonds. The highest BCUT2D eigenvalue weighted by atomic mass is 16.5. The summed E-state index contributed by atoms with van der Waals surface area (Å²) in [6.45, 7) is 10.4. The van der Waals surface area contributed by atoms with Crippen molar-refractivity contribution in [2.45, 2.75) is 47.1 Å². The first-order valence-corrected chi connectivity index (χ1v) is 10.4. The fourth-order valence-corrected chi connectivity index (χ4v) is 3.50.